The third-order valence-electron chi connectivity index (χ3n) is 3.07. The number of aromatic nitrogens is 2. The van der Waals surface area contributed by atoms with Crippen LogP contribution in [0.25, 0.3) is 5.69 Å². The summed E-state index contributed by atoms with van der Waals surface area (Å²) in [6.45, 7) is 0. The van der Waals surface area contributed by atoms with Crippen LogP contribution in [0.4, 0.5) is 0 Å². The molecule has 4 nitrogen and oxygen atoms in total. The molecule has 0 unspecified atom stereocenters. The second-order valence-corrected chi connectivity index (χ2v) is 4.20. The van der Waals surface area contributed by atoms with E-state index in [1.165, 1.54) is 0 Å². The van der Waals surface area contributed by atoms with Gasteiger partial charge in [-0.25, -0.2) is 4.68 Å². The molecule has 0 atom stereocenters. The van der Waals surface area contributed by atoms with Gasteiger partial charge < -0.3 is 5.11 Å². The third kappa shape index (κ3) is 1.53. The fourth-order valence-corrected chi connectivity index (χ4v) is 2.25. The number of Topliss-reactive ketones (excluding diaryl/α,β-unsaturated/α-hetero) is 1. The SMILES string of the molecule is O=C1CCCc2cnn(-c3ccccc3O)c21. The molecule has 1 heterocycles. The molecule has 2 aromatic rings. The van der Waals surface area contributed by atoms with E-state index >= 15 is 0 Å². The van der Waals surface area contributed by atoms with Crippen LogP contribution in [0.3, 0.4) is 0 Å². The molecule has 3 rings (SSSR count). The molecule has 1 N–H and O–H groups in total. The molecule has 1 aromatic carbocycles. The van der Waals surface area contributed by atoms with Crippen LogP contribution in [0.5, 0.6) is 5.75 Å². The molecule has 1 aliphatic carbocycles. The molecule has 0 spiro atoms. The summed E-state index contributed by atoms with van der Waals surface area (Å²) in [6, 6.07) is 6.91. The van der Waals surface area contributed by atoms with Crippen LogP contribution in [-0.2, 0) is 6.42 Å². The van der Waals surface area contributed by atoms with Crippen molar-refractivity contribution in [2.24, 2.45) is 0 Å². The van der Waals surface area contributed by atoms with Crippen molar-refractivity contribution >= 4 is 5.78 Å². The van der Waals surface area contributed by atoms with Gasteiger partial charge >= 0.3 is 0 Å². The Morgan fingerprint density at radius 3 is 2.88 bits per heavy atom. The van der Waals surface area contributed by atoms with E-state index in [9.17, 15) is 9.90 Å². The zero-order chi connectivity index (χ0) is 11.8. The highest BCUT2D eigenvalue weighted by Gasteiger charge is 2.23. The van der Waals surface area contributed by atoms with Crippen molar-refractivity contribution in [3.8, 4) is 11.4 Å². The lowest BCUT2D eigenvalue weighted by molar-refractivity contribution is 0.0965. The monoisotopic (exact) mass is 228 g/mol. The maximum absolute atomic E-state index is 11.9. The predicted molar refractivity (Wildman–Crippen MR) is 62.5 cm³/mol. The summed E-state index contributed by atoms with van der Waals surface area (Å²) < 4.78 is 1.55. The number of aromatic hydroxyl groups is 1. The molecular weight excluding hydrogens is 216 g/mol. The van der Waals surface area contributed by atoms with Gasteiger partial charge in [0, 0.05) is 12.0 Å². The predicted octanol–water partition coefficient (Wildman–Crippen LogP) is 2.10. The van der Waals surface area contributed by atoms with Crippen molar-refractivity contribution < 1.29 is 9.90 Å². The number of para-hydroxylation sites is 2. The maximum atomic E-state index is 11.9. The molecule has 0 fully saturated rings. The first-order valence-corrected chi connectivity index (χ1v) is 5.66. The topological polar surface area (TPSA) is 55.1 Å². The number of nitrogens with zero attached hydrogens (tertiary/aromatic N) is 2. The zero-order valence-electron chi connectivity index (χ0n) is 9.26. The van der Waals surface area contributed by atoms with Gasteiger partial charge in [-0.3, -0.25) is 4.79 Å². The van der Waals surface area contributed by atoms with Gasteiger partial charge in [0.25, 0.3) is 0 Å². The Bertz CT molecular complexity index is 587. The lowest BCUT2D eigenvalue weighted by atomic mass is 9.97. The van der Waals surface area contributed by atoms with Crippen LogP contribution in [0, 0.1) is 0 Å². The van der Waals surface area contributed by atoms with Gasteiger partial charge in [-0.05, 0) is 25.0 Å². The Kier molecular flexibility index (Phi) is 2.21. The summed E-state index contributed by atoms with van der Waals surface area (Å²) in [5.41, 5.74) is 2.16. The van der Waals surface area contributed by atoms with Gasteiger partial charge in [0.05, 0.1) is 6.20 Å². The van der Waals surface area contributed by atoms with Crippen molar-refractivity contribution in [2.45, 2.75) is 19.3 Å². The number of ketones is 1. The standard InChI is InChI=1S/C13H12N2O2/c16-11-6-2-1-5-10(11)15-13-9(8-14-15)4-3-7-12(13)17/h1-2,5-6,8,16H,3-4,7H2. The Balaban J connectivity index is 2.20. The molecule has 0 saturated heterocycles. The van der Waals surface area contributed by atoms with Crippen molar-refractivity contribution in [3.63, 3.8) is 0 Å². The van der Waals surface area contributed by atoms with Crippen LogP contribution in [-0.4, -0.2) is 20.7 Å². The number of phenolic OH excluding ortho intramolecular Hbond substituents is 1. The number of rotatable bonds is 1. The van der Waals surface area contributed by atoms with Crippen molar-refractivity contribution in [3.05, 3.63) is 41.7 Å². The summed E-state index contributed by atoms with van der Waals surface area (Å²) >= 11 is 0. The van der Waals surface area contributed by atoms with Crippen LogP contribution in [0.15, 0.2) is 30.5 Å². The summed E-state index contributed by atoms with van der Waals surface area (Å²) in [5.74, 6) is 0.240. The number of aryl methyl sites for hydroxylation is 1. The van der Waals surface area contributed by atoms with E-state index in [4.69, 9.17) is 0 Å². The molecule has 17 heavy (non-hydrogen) atoms. The largest absolute Gasteiger partial charge is 0.506 e. The number of carbonyl (C=O) groups is 1. The Labute approximate surface area is 98.5 Å². The molecule has 0 bridgehead atoms. The summed E-state index contributed by atoms with van der Waals surface area (Å²) in [5, 5.41) is 14.0. The van der Waals surface area contributed by atoms with E-state index in [0.29, 0.717) is 17.8 Å². The number of benzene rings is 1. The molecule has 0 saturated carbocycles. The molecule has 1 aromatic heterocycles. The van der Waals surface area contributed by atoms with Crippen molar-refractivity contribution in [2.75, 3.05) is 0 Å². The van der Waals surface area contributed by atoms with Gasteiger partial charge in [-0.1, -0.05) is 12.1 Å². The fourth-order valence-electron chi connectivity index (χ4n) is 2.25. The average molecular weight is 228 g/mol. The van der Waals surface area contributed by atoms with Crippen LogP contribution in [0.2, 0.25) is 0 Å². The van der Waals surface area contributed by atoms with Gasteiger partial charge in [0.15, 0.2) is 5.78 Å². The first-order chi connectivity index (χ1) is 8.27. The minimum absolute atomic E-state index is 0.104. The number of fused-ring (bicyclic) bond motifs is 1. The van der Waals surface area contributed by atoms with Gasteiger partial charge in [0.2, 0.25) is 0 Å². The number of hydrogen-bond donors (Lipinski definition) is 1. The minimum Gasteiger partial charge on any atom is -0.506 e. The molecular formula is C13H12N2O2. The highest BCUT2D eigenvalue weighted by Crippen LogP contribution is 2.27. The van der Waals surface area contributed by atoms with E-state index in [1.807, 2.05) is 6.07 Å². The fraction of sp³-hybridized carbons (Fsp3) is 0.231. The van der Waals surface area contributed by atoms with E-state index < -0.39 is 0 Å². The molecule has 0 amide bonds. The van der Waals surface area contributed by atoms with Crippen molar-refractivity contribution in [1.82, 2.24) is 9.78 Å². The first-order valence-electron chi connectivity index (χ1n) is 5.66. The Hall–Kier alpha value is -2.10. The third-order valence-corrected chi connectivity index (χ3v) is 3.07. The van der Waals surface area contributed by atoms with Gasteiger partial charge in [0.1, 0.15) is 17.1 Å². The van der Waals surface area contributed by atoms with E-state index in [1.54, 1.807) is 29.1 Å². The molecule has 4 heteroatoms. The molecule has 0 radical (unpaired) electrons. The van der Waals surface area contributed by atoms with Gasteiger partial charge in [-0.15, -0.1) is 0 Å². The average Bonchev–Trinajstić information content (AvgIpc) is 2.75. The normalized spacial score (nSPS) is 14.7. The summed E-state index contributed by atoms with van der Waals surface area (Å²) in [7, 11) is 0. The molecule has 86 valence electrons. The van der Waals surface area contributed by atoms with Crippen LogP contribution in [0.1, 0.15) is 28.9 Å². The van der Waals surface area contributed by atoms with E-state index in [2.05, 4.69) is 5.10 Å². The quantitative estimate of drug-likeness (QED) is 0.813. The number of carbonyl (C=O) groups excluding carboxylic acids is 1. The lowest BCUT2D eigenvalue weighted by Gasteiger charge is -2.13. The van der Waals surface area contributed by atoms with Crippen LogP contribution < -0.4 is 0 Å². The number of phenols is 1. The molecule has 0 aliphatic heterocycles. The Morgan fingerprint density at radius 1 is 1.24 bits per heavy atom. The van der Waals surface area contributed by atoms with Crippen LogP contribution >= 0.6 is 0 Å². The van der Waals surface area contributed by atoms with Crippen molar-refractivity contribution in [1.29, 1.82) is 0 Å². The smallest absolute Gasteiger partial charge is 0.181 e. The maximum Gasteiger partial charge on any atom is 0.181 e. The molecule has 1 aliphatic rings. The Morgan fingerprint density at radius 2 is 2.06 bits per heavy atom. The summed E-state index contributed by atoms with van der Waals surface area (Å²) in [6.07, 6.45) is 4.05. The highest BCUT2D eigenvalue weighted by atomic mass is 16.3. The van der Waals surface area contributed by atoms with E-state index in [-0.39, 0.29) is 11.5 Å². The zero-order valence-corrected chi connectivity index (χ0v) is 9.26. The van der Waals surface area contributed by atoms with E-state index in [0.717, 1.165) is 18.4 Å². The van der Waals surface area contributed by atoms with Gasteiger partial charge in [-0.2, -0.15) is 5.10 Å². The lowest BCUT2D eigenvalue weighted by Crippen LogP contribution is -2.15. The second-order valence-electron chi connectivity index (χ2n) is 4.20. The minimum atomic E-state index is 0.104. The highest BCUT2D eigenvalue weighted by molar-refractivity contribution is 5.97. The summed E-state index contributed by atoms with van der Waals surface area (Å²) in [4.78, 5) is 11.9. The first kappa shape index (κ1) is 10.1. The number of hydrogen-bond acceptors (Lipinski definition) is 3. The second kappa shape index (κ2) is 3.73.